The predicted octanol–water partition coefficient (Wildman–Crippen LogP) is 1.60. The fraction of sp³-hybridized carbons (Fsp3) is 0.188. The van der Waals surface area contributed by atoms with Gasteiger partial charge >= 0.3 is 0 Å². The van der Waals surface area contributed by atoms with Crippen LogP contribution in [-0.2, 0) is 4.79 Å². The van der Waals surface area contributed by atoms with E-state index >= 15 is 0 Å². The van der Waals surface area contributed by atoms with Gasteiger partial charge in [-0.25, -0.2) is 15.0 Å². The van der Waals surface area contributed by atoms with Crippen LogP contribution in [-0.4, -0.2) is 32.8 Å². The molecule has 3 aromatic rings. The molecule has 3 aromatic heterocycles. The number of rotatable bonds is 7. The Bertz CT molecular complexity index is 972. The molecule has 9 nitrogen and oxygen atoms in total. The van der Waals surface area contributed by atoms with Crippen molar-refractivity contribution < 1.29 is 9.59 Å². The molecular formula is C16H17N7O2S. The molecular weight excluding hydrogens is 354 g/mol. The van der Waals surface area contributed by atoms with Gasteiger partial charge in [0.05, 0.1) is 11.9 Å². The molecule has 2 amide bonds. The Labute approximate surface area is 152 Å². The van der Waals surface area contributed by atoms with Crippen LogP contribution in [0, 0.1) is 0 Å². The number of hydrogen-bond acceptors (Lipinski definition) is 8. The van der Waals surface area contributed by atoms with E-state index in [9.17, 15) is 9.59 Å². The van der Waals surface area contributed by atoms with Crippen LogP contribution >= 0.6 is 11.3 Å². The number of fused-ring (bicyclic) bond motifs is 1. The lowest BCUT2D eigenvalue weighted by molar-refractivity contribution is -0.118. The van der Waals surface area contributed by atoms with Crippen molar-refractivity contribution in [1.29, 1.82) is 0 Å². The van der Waals surface area contributed by atoms with Crippen LogP contribution in [0.2, 0.25) is 0 Å². The third-order valence-electron chi connectivity index (χ3n) is 3.68. The molecule has 0 bridgehead atoms. The molecule has 0 saturated carbocycles. The lowest BCUT2D eigenvalue weighted by atomic mass is 10.2. The molecule has 0 aliphatic rings. The first-order valence-corrected chi connectivity index (χ1v) is 8.69. The number of anilines is 3. The maximum Gasteiger partial charge on any atom is 0.271 e. The number of thiophene rings is 1. The minimum absolute atomic E-state index is 0.00841. The zero-order valence-electron chi connectivity index (χ0n) is 13.9. The number of primary amides is 2. The number of nitrogens with zero attached hydrogens (tertiary/aromatic N) is 3. The minimum atomic E-state index is -0.717. The Morgan fingerprint density at radius 1 is 1.31 bits per heavy atom. The van der Waals surface area contributed by atoms with Gasteiger partial charge in [-0.3, -0.25) is 9.59 Å². The van der Waals surface area contributed by atoms with Crippen molar-refractivity contribution in [3.05, 3.63) is 35.6 Å². The first-order valence-electron chi connectivity index (χ1n) is 7.81. The summed E-state index contributed by atoms with van der Waals surface area (Å²) < 4.78 is 0. The maximum atomic E-state index is 11.7. The van der Waals surface area contributed by atoms with Gasteiger partial charge < -0.3 is 22.1 Å². The Morgan fingerprint density at radius 2 is 2.12 bits per heavy atom. The highest BCUT2D eigenvalue weighted by Gasteiger charge is 2.18. The van der Waals surface area contributed by atoms with E-state index in [0.29, 0.717) is 12.2 Å². The van der Waals surface area contributed by atoms with Crippen molar-refractivity contribution in [3.63, 3.8) is 0 Å². The molecule has 10 heteroatoms. The fourth-order valence-electron chi connectivity index (χ4n) is 2.37. The monoisotopic (exact) mass is 371 g/mol. The number of aromatic nitrogens is 3. The van der Waals surface area contributed by atoms with E-state index in [1.807, 2.05) is 24.4 Å². The van der Waals surface area contributed by atoms with Crippen LogP contribution in [0.15, 0.2) is 29.9 Å². The molecule has 0 aliphatic heterocycles. The van der Waals surface area contributed by atoms with E-state index in [1.54, 1.807) is 6.20 Å². The van der Waals surface area contributed by atoms with Gasteiger partial charge in [0.25, 0.3) is 5.91 Å². The first kappa shape index (κ1) is 17.5. The van der Waals surface area contributed by atoms with Gasteiger partial charge in [0.15, 0.2) is 11.5 Å². The van der Waals surface area contributed by atoms with Crippen LogP contribution in [0.5, 0.6) is 0 Å². The molecule has 6 N–H and O–H groups in total. The molecule has 0 fully saturated rings. The minimum Gasteiger partial charge on any atom is -0.368 e. The molecule has 3 rings (SSSR count). The Morgan fingerprint density at radius 3 is 2.81 bits per heavy atom. The van der Waals surface area contributed by atoms with Gasteiger partial charge in [-0.1, -0.05) is 6.92 Å². The Balaban J connectivity index is 1.97. The first-order chi connectivity index (χ1) is 12.5. The van der Waals surface area contributed by atoms with Crippen LogP contribution in [0.3, 0.4) is 0 Å². The lowest BCUT2D eigenvalue weighted by Gasteiger charge is -2.15. The van der Waals surface area contributed by atoms with E-state index in [-0.39, 0.29) is 11.5 Å². The second-order valence-corrected chi connectivity index (χ2v) is 6.31. The maximum absolute atomic E-state index is 11.7. The topological polar surface area (TPSA) is 149 Å². The second-order valence-electron chi connectivity index (χ2n) is 5.45. The standard InChI is InChI=1S/C16H17N7O2S/c1-2-9(13(17)24)21-11-6-20-12(14(18)25)15(23-11)22-10-7-26-16-8(10)4-3-5-19-16/h3-7,9H,2H2,1H3,(H2,17,24)(H2,18,25)(H2,21,22,23)/t9-/m1/s1. The summed E-state index contributed by atoms with van der Waals surface area (Å²) in [6, 6.07) is 3.13. The van der Waals surface area contributed by atoms with Gasteiger partial charge in [0, 0.05) is 17.0 Å². The van der Waals surface area contributed by atoms with Crippen molar-refractivity contribution in [2.24, 2.45) is 11.5 Å². The van der Waals surface area contributed by atoms with Crippen LogP contribution in [0.25, 0.3) is 10.2 Å². The summed E-state index contributed by atoms with van der Waals surface area (Å²) in [5.41, 5.74) is 11.5. The average Bonchev–Trinajstić information content (AvgIpc) is 3.02. The van der Waals surface area contributed by atoms with Crippen LogP contribution < -0.4 is 22.1 Å². The summed E-state index contributed by atoms with van der Waals surface area (Å²) in [5, 5.41) is 8.73. The van der Waals surface area contributed by atoms with E-state index in [4.69, 9.17) is 11.5 Å². The molecule has 3 heterocycles. The van der Waals surface area contributed by atoms with Crippen molar-refractivity contribution in [1.82, 2.24) is 15.0 Å². The number of nitrogens with one attached hydrogen (secondary N) is 2. The highest BCUT2D eigenvalue weighted by atomic mass is 32.1. The second kappa shape index (κ2) is 7.31. The smallest absolute Gasteiger partial charge is 0.271 e. The highest BCUT2D eigenvalue weighted by molar-refractivity contribution is 7.17. The number of nitrogens with two attached hydrogens (primary N) is 2. The third-order valence-corrected chi connectivity index (χ3v) is 4.58. The normalized spacial score (nSPS) is 11.9. The van der Waals surface area contributed by atoms with E-state index in [1.165, 1.54) is 17.5 Å². The number of carbonyl (C=O) groups excluding carboxylic acids is 2. The zero-order chi connectivity index (χ0) is 18.7. The van der Waals surface area contributed by atoms with E-state index in [0.717, 1.165) is 15.9 Å². The van der Waals surface area contributed by atoms with Gasteiger partial charge in [0.1, 0.15) is 16.7 Å². The Kier molecular flexibility index (Phi) is 4.94. The predicted molar refractivity (Wildman–Crippen MR) is 100 cm³/mol. The summed E-state index contributed by atoms with van der Waals surface area (Å²) in [7, 11) is 0. The molecule has 0 radical (unpaired) electrons. The molecule has 0 saturated heterocycles. The molecule has 0 aromatic carbocycles. The van der Waals surface area contributed by atoms with Gasteiger partial charge in [-0.15, -0.1) is 11.3 Å². The summed E-state index contributed by atoms with van der Waals surface area (Å²) in [6.45, 7) is 1.82. The fourth-order valence-corrected chi connectivity index (χ4v) is 3.21. The summed E-state index contributed by atoms with van der Waals surface area (Å²) in [4.78, 5) is 36.6. The van der Waals surface area contributed by atoms with Gasteiger partial charge in [-0.05, 0) is 18.6 Å². The Hall–Kier alpha value is -3.27. The number of amides is 2. The number of hydrogen-bond donors (Lipinski definition) is 4. The summed E-state index contributed by atoms with van der Waals surface area (Å²) >= 11 is 1.46. The zero-order valence-corrected chi connectivity index (χ0v) is 14.7. The van der Waals surface area contributed by atoms with Crippen molar-refractivity contribution in [2.45, 2.75) is 19.4 Å². The van der Waals surface area contributed by atoms with Crippen LogP contribution in [0.1, 0.15) is 23.8 Å². The largest absolute Gasteiger partial charge is 0.368 e. The summed E-state index contributed by atoms with van der Waals surface area (Å²) in [6.07, 6.45) is 3.53. The van der Waals surface area contributed by atoms with E-state index in [2.05, 4.69) is 25.6 Å². The molecule has 0 aliphatic carbocycles. The summed E-state index contributed by atoms with van der Waals surface area (Å²) in [5.74, 6) is -0.727. The van der Waals surface area contributed by atoms with Gasteiger partial charge in [-0.2, -0.15) is 0 Å². The van der Waals surface area contributed by atoms with Gasteiger partial charge in [0.2, 0.25) is 5.91 Å². The number of carbonyl (C=O) groups is 2. The molecule has 26 heavy (non-hydrogen) atoms. The molecule has 0 spiro atoms. The molecule has 134 valence electrons. The quantitative estimate of drug-likeness (QED) is 0.493. The highest BCUT2D eigenvalue weighted by Crippen LogP contribution is 2.31. The van der Waals surface area contributed by atoms with Crippen molar-refractivity contribution >= 4 is 50.7 Å². The lowest BCUT2D eigenvalue weighted by Crippen LogP contribution is -2.35. The molecule has 1 atom stereocenters. The van der Waals surface area contributed by atoms with Crippen molar-refractivity contribution in [3.8, 4) is 0 Å². The average molecular weight is 371 g/mol. The van der Waals surface area contributed by atoms with Crippen LogP contribution in [0.4, 0.5) is 17.3 Å². The number of pyridine rings is 1. The van der Waals surface area contributed by atoms with E-state index < -0.39 is 17.9 Å². The van der Waals surface area contributed by atoms with Crippen molar-refractivity contribution in [2.75, 3.05) is 10.6 Å². The molecule has 0 unspecified atom stereocenters. The SMILES string of the molecule is CC[C@@H](Nc1cnc(C(N)=O)c(Nc2csc3ncccc23)n1)C(N)=O. The third kappa shape index (κ3) is 3.54.